The van der Waals surface area contributed by atoms with Crippen LogP contribution in [0.5, 0.6) is 0 Å². The first-order chi connectivity index (χ1) is 13.4. The van der Waals surface area contributed by atoms with Gasteiger partial charge in [-0.25, -0.2) is 0 Å². The highest BCUT2D eigenvalue weighted by atomic mass is 16.6. The van der Waals surface area contributed by atoms with Gasteiger partial charge in [0, 0.05) is 36.2 Å². The number of nitrogens with two attached hydrogens (primary N) is 1. The van der Waals surface area contributed by atoms with Crippen molar-refractivity contribution in [2.24, 2.45) is 5.73 Å². The summed E-state index contributed by atoms with van der Waals surface area (Å²) in [5.74, 6) is -0.376. The fourth-order valence-electron chi connectivity index (χ4n) is 4.11. The van der Waals surface area contributed by atoms with Crippen molar-refractivity contribution in [3.63, 3.8) is 0 Å². The molecular weight excluding hydrogens is 352 g/mol. The highest BCUT2D eigenvalue weighted by Gasteiger charge is 2.45. The lowest BCUT2D eigenvalue weighted by molar-refractivity contribution is -0.124. The number of likely N-dealkylation sites (N-methyl/N-ethyl adjacent to an activating group) is 1. The molecule has 4 N–H and O–H groups in total. The summed E-state index contributed by atoms with van der Waals surface area (Å²) < 4.78 is -0.788. The Morgan fingerprint density at radius 2 is 1.96 bits per heavy atom. The number of nitrogens with one attached hydrogen (secondary N) is 2. The maximum Gasteiger partial charge on any atom is 0.279 e. The Labute approximate surface area is 163 Å². The fraction of sp³-hybridized carbons (Fsp3) is 0.182. The first kappa shape index (κ1) is 18.2. The van der Waals surface area contributed by atoms with Gasteiger partial charge < -0.3 is 20.9 Å². The zero-order chi connectivity index (χ0) is 19.9. The first-order valence-electron chi connectivity index (χ1n) is 9.19. The molecule has 1 aliphatic heterocycles. The van der Waals surface area contributed by atoms with E-state index in [1.165, 1.54) is 0 Å². The zero-order valence-electron chi connectivity index (χ0n) is 15.6. The third-order valence-corrected chi connectivity index (χ3v) is 5.56. The highest BCUT2D eigenvalue weighted by molar-refractivity contribution is 5.97. The number of amides is 1. The highest BCUT2D eigenvalue weighted by Crippen LogP contribution is 2.41. The van der Waals surface area contributed by atoms with Gasteiger partial charge in [-0.1, -0.05) is 54.6 Å². The first-order valence-corrected chi connectivity index (χ1v) is 9.19. The van der Waals surface area contributed by atoms with Gasteiger partial charge in [-0.3, -0.25) is 10.2 Å². The van der Waals surface area contributed by atoms with Crippen molar-refractivity contribution >= 4 is 28.2 Å². The Bertz CT molecular complexity index is 1090. The van der Waals surface area contributed by atoms with Crippen LogP contribution in [0.25, 0.3) is 10.8 Å². The van der Waals surface area contributed by atoms with E-state index < -0.39 is 10.7 Å². The van der Waals surface area contributed by atoms with Gasteiger partial charge in [0.2, 0.25) is 0 Å². The molecule has 0 saturated heterocycles. The number of hydroxylamine groups is 2. The number of benzene rings is 3. The second-order valence-corrected chi connectivity index (χ2v) is 7.18. The summed E-state index contributed by atoms with van der Waals surface area (Å²) in [6.07, 6.45) is 0.363. The van der Waals surface area contributed by atoms with E-state index in [1.54, 1.807) is 19.2 Å². The lowest BCUT2D eigenvalue weighted by Gasteiger charge is -2.43. The van der Waals surface area contributed by atoms with E-state index >= 15 is 0 Å². The van der Waals surface area contributed by atoms with Crippen LogP contribution in [0.1, 0.15) is 16.7 Å². The molecule has 0 radical (unpaired) electrons. The van der Waals surface area contributed by atoms with Gasteiger partial charge in [0.05, 0.1) is 0 Å². The number of amidine groups is 1. The number of hydrogen-bond acceptors (Lipinski definition) is 3. The molecule has 3 aromatic rings. The van der Waals surface area contributed by atoms with E-state index in [1.807, 2.05) is 48.5 Å². The van der Waals surface area contributed by atoms with Gasteiger partial charge in [-0.2, -0.15) is 0 Å². The van der Waals surface area contributed by atoms with Crippen LogP contribution in [0, 0.1) is 10.6 Å². The van der Waals surface area contributed by atoms with Gasteiger partial charge in [-0.15, -0.1) is 0 Å². The number of quaternary nitrogens is 1. The Balaban J connectivity index is 1.87. The minimum absolute atomic E-state index is 0.0945. The molecule has 0 bridgehead atoms. The second-order valence-electron chi connectivity index (χ2n) is 7.18. The lowest BCUT2D eigenvalue weighted by Crippen LogP contribution is -2.55. The van der Waals surface area contributed by atoms with Gasteiger partial charge in [0.15, 0.2) is 6.04 Å². The molecule has 6 heteroatoms. The predicted molar refractivity (Wildman–Crippen MR) is 112 cm³/mol. The normalized spacial score (nSPS) is 20.7. The summed E-state index contributed by atoms with van der Waals surface area (Å²) in [6, 6.07) is 18.2. The lowest BCUT2D eigenvalue weighted by atomic mass is 10.0. The average molecular weight is 374 g/mol. The van der Waals surface area contributed by atoms with Crippen LogP contribution in [0.15, 0.2) is 60.7 Å². The Morgan fingerprint density at radius 1 is 1.21 bits per heavy atom. The van der Waals surface area contributed by atoms with Crippen LogP contribution in [0.3, 0.4) is 0 Å². The molecule has 0 fully saturated rings. The standard InChI is InChI=1S/C22H22N4O2/c1-25-22(27)20-11-15-9-10-16(21(23)24)12-19(15)26(20,28)13-17-7-4-6-14-5-2-3-8-18(14)17/h2-10,12,20H,11,13H2,1H3,(H3,23,24)(H,25,27). The van der Waals surface area contributed by atoms with Gasteiger partial charge in [-0.05, 0) is 10.8 Å². The summed E-state index contributed by atoms with van der Waals surface area (Å²) in [5.41, 5.74) is 8.36. The van der Waals surface area contributed by atoms with Gasteiger partial charge >= 0.3 is 0 Å². The maximum atomic E-state index is 14.2. The molecule has 28 heavy (non-hydrogen) atoms. The van der Waals surface area contributed by atoms with E-state index in [0.717, 1.165) is 21.9 Å². The number of rotatable bonds is 4. The monoisotopic (exact) mass is 374 g/mol. The minimum atomic E-state index is -0.788. The van der Waals surface area contributed by atoms with E-state index in [-0.39, 0.29) is 18.3 Å². The van der Waals surface area contributed by atoms with Crippen molar-refractivity contribution < 1.29 is 4.79 Å². The van der Waals surface area contributed by atoms with Crippen LogP contribution >= 0.6 is 0 Å². The number of carbonyl (C=O) groups is 1. The fourth-order valence-corrected chi connectivity index (χ4v) is 4.11. The third kappa shape index (κ3) is 2.83. The Kier molecular flexibility index (Phi) is 4.37. The van der Waals surface area contributed by atoms with E-state index in [2.05, 4.69) is 5.32 Å². The SMILES string of the molecule is CNC(=O)C1Cc2ccc(C(=N)N)cc2[N+]1([O-])Cc1cccc2ccccc12. The summed E-state index contributed by atoms with van der Waals surface area (Å²) in [4.78, 5) is 12.6. The van der Waals surface area contributed by atoms with Crippen molar-refractivity contribution in [3.8, 4) is 0 Å². The number of hydrogen-bond donors (Lipinski definition) is 3. The molecule has 6 nitrogen and oxygen atoms in total. The molecule has 3 aromatic carbocycles. The van der Waals surface area contributed by atoms with Crippen molar-refractivity contribution in [1.29, 1.82) is 5.41 Å². The van der Waals surface area contributed by atoms with Crippen molar-refractivity contribution in [1.82, 2.24) is 9.96 Å². The smallest absolute Gasteiger partial charge is 0.279 e. The van der Waals surface area contributed by atoms with Crippen LogP contribution in [0.4, 0.5) is 5.69 Å². The number of carbonyl (C=O) groups excluding carboxylic acids is 1. The molecule has 142 valence electrons. The number of fused-ring (bicyclic) bond motifs is 2. The molecule has 1 amide bonds. The van der Waals surface area contributed by atoms with Crippen molar-refractivity contribution in [3.05, 3.63) is 82.6 Å². The van der Waals surface area contributed by atoms with Crippen LogP contribution in [-0.2, 0) is 17.8 Å². The molecular formula is C22H22N4O2. The molecule has 4 rings (SSSR count). The Hall–Kier alpha value is -3.22. The van der Waals surface area contributed by atoms with Gasteiger partial charge in [0.1, 0.15) is 18.1 Å². The summed E-state index contributed by atoms with van der Waals surface area (Å²) in [6.45, 7) is 0.133. The molecule has 1 heterocycles. The minimum Gasteiger partial charge on any atom is -0.627 e. The molecule has 1 aliphatic rings. The predicted octanol–water partition coefficient (Wildman–Crippen LogP) is 2.80. The van der Waals surface area contributed by atoms with Crippen molar-refractivity contribution in [2.45, 2.75) is 19.0 Å². The van der Waals surface area contributed by atoms with E-state index in [9.17, 15) is 10.0 Å². The topological polar surface area (TPSA) is 102 Å². The zero-order valence-corrected chi connectivity index (χ0v) is 15.6. The van der Waals surface area contributed by atoms with Crippen LogP contribution < -0.4 is 15.7 Å². The van der Waals surface area contributed by atoms with Gasteiger partial charge in [0.25, 0.3) is 5.91 Å². The van der Waals surface area contributed by atoms with Crippen LogP contribution in [-0.4, -0.2) is 24.8 Å². The molecule has 0 spiro atoms. The molecule has 2 unspecified atom stereocenters. The van der Waals surface area contributed by atoms with E-state index in [0.29, 0.717) is 17.7 Å². The Morgan fingerprint density at radius 3 is 2.71 bits per heavy atom. The summed E-state index contributed by atoms with van der Waals surface area (Å²) in [7, 11) is 1.55. The molecule has 0 saturated carbocycles. The van der Waals surface area contributed by atoms with Crippen LogP contribution in [0.2, 0.25) is 0 Å². The third-order valence-electron chi connectivity index (χ3n) is 5.56. The number of nitrogen functional groups attached to an aromatic ring is 1. The molecule has 2 atom stereocenters. The molecule has 0 aromatic heterocycles. The quantitative estimate of drug-likeness (QED) is 0.283. The molecule has 0 aliphatic carbocycles. The average Bonchev–Trinajstić information content (AvgIpc) is 2.99. The number of nitrogens with zero attached hydrogens (tertiary/aromatic N) is 1. The largest absolute Gasteiger partial charge is 0.627 e. The summed E-state index contributed by atoms with van der Waals surface area (Å²) >= 11 is 0. The maximum absolute atomic E-state index is 14.2. The summed E-state index contributed by atoms with van der Waals surface area (Å²) in [5, 5.41) is 26.6. The second kappa shape index (κ2) is 6.74. The van der Waals surface area contributed by atoms with E-state index in [4.69, 9.17) is 11.1 Å². The van der Waals surface area contributed by atoms with Crippen molar-refractivity contribution in [2.75, 3.05) is 7.05 Å².